The Bertz CT molecular complexity index is 336. The van der Waals surface area contributed by atoms with Crippen LogP contribution in [0.4, 0.5) is 4.79 Å². The van der Waals surface area contributed by atoms with Crippen molar-refractivity contribution >= 4 is 12.0 Å². The maximum absolute atomic E-state index is 11.9. The van der Waals surface area contributed by atoms with Gasteiger partial charge in [-0.05, 0) is 37.0 Å². The number of hydrogen-bond acceptors (Lipinski definition) is 2. The number of urea groups is 1. The molecule has 3 N–H and O–H groups in total. The highest BCUT2D eigenvalue weighted by Crippen LogP contribution is 2.40. The van der Waals surface area contributed by atoms with Gasteiger partial charge in [0.15, 0.2) is 0 Å². The van der Waals surface area contributed by atoms with E-state index in [1.54, 1.807) is 0 Å². The molecule has 1 fully saturated rings. The molecule has 1 rings (SSSR count). The summed E-state index contributed by atoms with van der Waals surface area (Å²) in [6.07, 6.45) is 6.25. The Morgan fingerprint density at radius 3 is 2.30 bits per heavy atom. The molecular formula is C15H28N2O3. The zero-order valence-corrected chi connectivity index (χ0v) is 12.9. The standard InChI is InChI=1S/C15H28N2O3/c1-4-15(7-5-6-8-15)10-16-14(20)17-12(13(18)19)9-11(2)3/h11-12H,4-10H2,1-3H3,(H,18,19)(H2,16,17,20). The van der Waals surface area contributed by atoms with Gasteiger partial charge in [-0.15, -0.1) is 0 Å². The number of carbonyl (C=O) groups excluding carboxylic acids is 1. The molecule has 1 aliphatic carbocycles. The Labute approximate surface area is 121 Å². The van der Waals surface area contributed by atoms with Gasteiger partial charge < -0.3 is 15.7 Å². The highest BCUT2D eigenvalue weighted by Gasteiger charge is 2.32. The number of rotatable bonds is 7. The molecule has 0 aromatic carbocycles. The third-order valence-electron chi connectivity index (χ3n) is 4.35. The van der Waals surface area contributed by atoms with Crippen molar-refractivity contribution in [1.82, 2.24) is 10.6 Å². The molecule has 0 heterocycles. The lowest BCUT2D eigenvalue weighted by Gasteiger charge is -2.28. The van der Waals surface area contributed by atoms with Crippen LogP contribution in [0, 0.1) is 11.3 Å². The van der Waals surface area contributed by atoms with Crippen LogP contribution in [0.2, 0.25) is 0 Å². The van der Waals surface area contributed by atoms with Crippen molar-refractivity contribution in [2.45, 2.75) is 65.3 Å². The summed E-state index contributed by atoms with van der Waals surface area (Å²) in [7, 11) is 0. The second-order valence-corrected chi connectivity index (χ2v) is 6.41. The number of nitrogens with one attached hydrogen (secondary N) is 2. The van der Waals surface area contributed by atoms with E-state index in [1.165, 1.54) is 12.8 Å². The van der Waals surface area contributed by atoms with Gasteiger partial charge in [0.2, 0.25) is 0 Å². The first kappa shape index (κ1) is 16.8. The average molecular weight is 284 g/mol. The summed E-state index contributed by atoms with van der Waals surface area (Å²) in [5.74, 6) is -0.742. The fourth-order valence-electron chi connectivity index (χ4n) is 2.95. The van der Waals surface area contributed by atoms with Gasteiger partial charge in [-0.2, -0.15) is 0 Å². The van der Waals surface area contributed by atoms with Crippen molar-refractivity contribution in [3.63, 3.8) is 0 Å². The van der Waals surface area contributed by atoms with E-state index >= 15 is 0 Å². The summed E-state index contributed by atoms with van der Waals surface area (Å²) in [5.41, 5.74) is 0.216. The van der Waals surface area contributed by atoms with Crippen LogP contribution in [0.5, 0.6) is 0 Å². The molecule has 5 nitrogen and oxygen atoms in total. The number of carboxylic acid groups (broad SMARTS) is 1. The lowest BCUT2D eigenvalue weighted by molar-refractivity contribution is -0.139. The predicted octanol–water partition coefficient (Wildman–Crippen LogP) is 2.76. The molecule has 1 aliphatic rings. The molecule has 0 aliphatic heterocycles. The smallest absolute Gasteiger partial charge is 0.326 e. The molecule has 1 saturated carbocycles. The lowest BCUT2D eigenvalue weighted by Crippen LogP contribution is -2.48. The van der Waals surface area contributed by atoms with Crippen LogP contribution in [0.25, 0.3) is 0 Å². The van der Waals surface area contributed by atoms with E-state index in [4.69, 9.17) is 5.11 Å². The van der Waals surface area contributed by atoms with E-state index in [1.807, 2.05) is 13.8 Å². The van der Waals surface area contributed by atoms with Gasteiger partial charge >= 0.3 is 12.0 Å². The van der Waals surface area contributed by atoms with E-state index in [-0.39, 0.29) is 17.4 Å². The van der Waals surface area contributed by atoms with Crippen LogP contribution >= 0.6 is 0 Å². The van der Waals surface area contributed by atoms with Crippen molar-refractivity contribution in [3.05, 3.63) is 0 Å². The van der Waals surface area contributed by atoms with E-state index < -0.39 is 12.0 Å². The van der Waals surface area contributed by atoms with Crippen molar-refractivity contribution in [2.75, 3.05) is 6.54 Å². The largest absolute Gasteiger partial charge is 0.480 e. The monoisotopic (exact) mass is 284 g/mol. The molecule has 0 spiro atoms. The minimum atomic E-state index is -0.972. The Balaban J connectivity index is 2.43. The van der Waals surface area contributed by atoms with Crippen molar-refractivity contribution < 1.29 is 14.7 Å². The maximum atomic E-state index is 11.9. The van der Waals surface area contributed by atoms with Crippen LogP contribution < -0.4 is 10.6 Å². The zero-order valence-electron chi connectivity index (χ0n) is 12.9. The summed E-state index contributed by atoms with van der Waals surface area (Å²) in [4.78, 5) is 23.0. The summed E-state index contributed by atoms with van der Waals surface area (Å²) in [5, 5.41) is 14.5. The Kier molecular flexibility index (Phi) is 6.30. The molecular weight excluding hydrogens is 256 g/mol. The molecule has 0 aromatic rings. The second-order valence-electron chi connectivity index (χ2n) is 6.41. The highest BCUT2D eigenvalue weighted by atomic mass is 16.4. The first-order valence-corrected chi connectivity index (χ1v) is 7.66. The Morgan fingerprint density at radius 1 is 1.25 bits per heavy atom. The van der Waals surface area contributed by atoms with Gasteiger partial charge in [-0.1, -0.05) is 33.6 Å². The minimum absolute atomic E-state index is 0.216. The lowest BCUT2D eigenvalue weighted by atomic mass is 9.83. The molecule has 0 radical (unpaired) electrons. The van der Waals surface area contributed by atoms with Gasteiger partial charge in [0.1, 0.15) is 6.04 Å². The predicted molar refractivity (Wildman–Crippen MR) is 78.6 cm³/mol. The normalized spacial score (nSPS) is 18.8. The van der Waals surface area contributed by atoms with Gasteiger partial charge in [0.05, 0.1) is 0 Å². The SMILES string of the molecule is CCC1(CNC(=O)NC(CC(C)C)C(=O)O)CCCC1. The minimum Gasteiger partial charge on any atom is -0.480 e. The van der Waals surface area contributed by atoms with Crippen LogP contribution in [-0.2, 0) is 4.79 Å². The summed E-state index contributed by atoms with van der Waals surface area (Å²) >= 11 is 0. The van der Waals surface area contributed by atoms with Crippen LogP contribution in [0.15, 0.2) is 0 Å². The number of carbonyl (C=O) groups is 2. The quantitative estimate of drug-likeness (QED) is 0.672. The number of carboxylic acids is 1. The van der Waals surface area contributed by atoms with Gasteiger partial charge in [-0.3, -0.25) is 0 Å². The van der Waals surface area contributed by atoms with Crippen LogP contribution in [0.1, 0.15) is 59.3 Å². The number of hydrogen-bond donors (Lipinski definition) is 3. The molecule has 0 aromatic heterocycles. The third kappa shape index (κ3) is 5.02. The number of amides is 2. The Hall–Kier alpha value is -1.26. The van der Waals surface area contributed by atoms with Gasteiger partial charge in [0, 0.05) is 6.54 Å². The molecule has 1 unspecified atom stereocenters. The molecule has 5 heteroatoms. The first-order chi connectivity index (χ1) is 9.38. The molecule has 1 atom stereocenters. The van der Waals surface area contributed by atoms with Crippen LogP contribution in [0.3, 0.4) is 0 Å². The van der Waals surface area contributed by atoms with E-state index in [0.29, 0.717) is 13.0 Å². The Morgan fingerprint density at radius 2 is 1.85 bits per heavy atom. The first-order valence-electron chi connectivity index (χ1n) is 7.66. The zero-order chi connectivity index (χ0) is 15.2. The third-order valence-corrected chi connectivity index (χ3v) is 4.35. The summed E-state index contributed by atoms with van der Waals surface area (Å²) in [6.45, 7) is 6.69. The van der Waals surface area contributed by atoms with Crippen molar-refractivity contribution in [2.24, 2.45) is 11.3 Å². The number of aliphatic carboxylic acids is 1. The average Bonchev–Trinajstić information content (AvgIpc) is 2.84. The van der Waals surface area contributed by atoms with Crippen molar-refractivity contribution in [1.29, 1.82) is 0 Å². The molecule has 20 heavy (non-hydrogen) atoms. The topological polar surface area (TPSA) is 78.4 Å². The van der Waals surface area contributed by atoms with Gasteiger partial charge in [0.25, 0.3) is 0 Å². The molecule has 2 amide bonds. The van der Waals surface area contributed by atoms with Crippen LogP contribution in [-0.4, -0.2) is 29.7 Å². The van der Waals surface area contributed by atoms with Crippen molar-refractivity contribution in [3.8, 4) is 0 Å². The van der Waals surface area contributed by atoms with E-state index in [9.17, 15) is 9.59 Å². The maximum Gasteiger partial charge on any atom is 0.326 e. The molecule has 0 bridgehead atoms. The summed E-state index contributed by atoms with van der Waals surface area (Å²) < 4.78 is 0. The van der Waals surface area contributed by atoms with E-state index in [0.717, 1.165) is 19.3 Å². The molecule has 0 saturated heterocycles. The van der Waals surface area contributed by atoms with E-state index in [2.05, 4.69) is 17.6 Å². The second kappa shape index (κ2) is 7.50. The molecule has 116 valence electrons. The van der Waals surface area contributed by atoms with Gasteiger partial charge in [-0.25, -0.2) is 9.59 Å². The fraction of sp³-hybridized carbons (Fsp3) is 0.867. The fourth-order valence-corrected chi connectivity index (χ4v) is 2.95. The summed E-state index contributed by atoms with van der Waals surface area (Å²) in [6, 6.07) is -1.17. The highest BCUT2D eigenvalue weighted by molar-refractivity contribution is 5.82.